The van der Waals surface area contributed by atoms with E-state index in [1.54, 1.807) is 18.2 Å². The van der Waals surface area contributed by atoms with Crippen molar-refractivity contribution in [2.45, 2.75) is 38.1 Å². The molecule has 2 bridgehead atoms. The number of morpholine rings is 1. The number of ether oxygens (including phenoxy) is 2. The Morgan fingerprint density at radius 2 is 1.85 bits per heavy atom. The van der Waals surface area contributed by atoms with Gasteiger partial charge in [0.05, 0.1) is 19.3 Å². The van der Waals surface area contributed by atoms with E-state index < -0.39 is 6.61 Å². The lowest BCUT2D eigenvalue weighted by Crippen LogP contribution is -2.53. The van der Waals surface area contributed by atoms with Crippen LogP contribution in [-0.4, -0.2) is 36.8 Å². The molecule has 0 aromatic heterocycles. The third-order valence-electron chi connectivity index (χ3n) is 5.18. The summed E-state index contributed by atoms with van der Waals surface area (Å²) < 4.78 is 35.2. The first-order valence-electron chi connectivity index (χ1n) is 9.28. The lowest BCUT2D eigenvalue weighted by Gasteiger charge is -2.45. The maximum Gasteiger partial charge on any atom is 0.387 e. The van der Waals surface area contributed by atoms with Crippen molar-refractivity contribution in [3.05, 3.63) is 77.4 Å². The number of hydrogen-bond acceptors (Lipinski definition) is 3. The van der Waals surface area contributed by atoms with Crippen LogP contribution in [0.1, 0.15) is 17.5 Å². The number of hydrogen-bond donors (Lipinski definition) is 0. The van der Waals surface area contributed by atoms with Gasteiger partial charge in [-0.25, -0.2) is 0 Å². The van der Waals surface area contributed by atoms with E-state index in [4.69, 9.17) is 4.74 Å². The molecule has 2 unspecified atom stereocenters. The molecule has 1 fully saturated rings. The van der Waals surface area contributed by atoms with Crippen molar-refractivity contribution in [2.75, 3.05) is 13.2 Å². The van der Waals surface area contributed by atoms with Crippen LogP contribution in [0.3, 0.4) is 0 Å². The van der Waals surface area contributed by atoms with Crippen LogP contribution in [0.5, 0.6) is 5.75 Å². The molecule has 2 aliphatic rings. The van der Waals surface area contributed by atoms with E-state index in [-0.39, 0.29) is 11.8 Å². The minimum atomic E-state index is -2.79. The molecular weight excluding hydrogens is 348 g/mol. The van der Waals surface area contributed by atoms with Gasteiger partial charge in [0.1, 0.15) is 5.75 Å². The number of fused-ring (bicyclic) bond motifs is 2. The van der Waals surface area contributed by atoms with Crippen molar-refractivity contribution in [3.63, 3.8) is 0 Å². The summed E-state index contributed by atoms with van der Waals surface area (Å²) in [7, 11) is 0. The van der Waals surface area contributed by atoms with Crippen molar-refractivity contribution < 1.29 is 18.3 Å². The van der Waals surface area contributed by atoms with Gasteiger partial charge in [-0.15, -0.1) is 0 Å². The van der Waals surface area contributed by atoms with Gasteiger partial charge >= 0.3 is 6.61 Å². The molecular formula is C22H23F2NO2. The zero-order valence-corrected chi connectivity index (χ0v) is 15.1. The molecule has 2 heterocycles. The van der Waals surface area contributed by atoms with E-state index in [1.807, 2.05) is 12.1 Å². The van der Waals surface area contributed by atoms with Crippen LogP contribution in [0.25, 0.3) is 0 Å². The smallest absolute Gasteiger partial charge is 0.387 e. The highest BCUT2D eigenvalue weighted by molar-refractivity contribution is 5.33. The Morgan fingerprint density at radius 1 is 1.04 bits per heavy atom. The zero-order valence-electron chi connectivity index (χ0n) is 15.1. The molecule has 0 saturated carbocycles. The van der Waals surface area contributed by atoms with Crippen LogP contribution >= 0.6 is 0 Å². The van der Waals surface area contributed by atoms with E-state index in [2.05, 4.69) is 40.0 Å². The van der Waals surface area contributed by atoms with E-state index in [1.165, 1.54) is 11.1 Å². The second kappa shape index (κ2) is 8.19. The average molecular weight is 371 g/mol. The third kappa shape index (κ3) is 4.54. The van der Waals surface area contributed by atoms with Crippen molar-refractivity contribution in [3.8, 4) is 5.75 Å². The molecule has 5 heteroatoms. The van der Waals surface area contributed by atoms with Gasteiger partial charge in [-0.3, -0.25) is 4.90 Å². The van der Waals surface area contributed by atoms with E-state index >= 15 is 0 Å². The Morgan fingerprint density at radius 3 is 2.63 bits per heavy atom. The summed E-state index contributed by atoms with van der Waals surface area (Å²) in [4.78, 5) is 2.51. The van der Waals surface area contributed by atoms with Crippen LogP contribution in [-0.2, 0) is 17.7 Å². The van der Waals surface area contributed by atoms with Crippen LogP contribution in [0.2, 0.25) is 0 Å². The molecule has 2 aromatic carbocycles. The average Bonchev–Trinajstić information content (AvgIpc) is 2.63. The minimum absolute atomic E-state index is 0.216. The lowest BCUT2D eigenvalue weighted by atomic mass is 9.90. The monoisotopic (exact) mass is 371 g/mol. The quantitative estimate of drug-likeness (QED) is 0.701. The van der Waals surface area contributed by atoms with Gasteiger partial charge in [0.15, 0.2) is 0 Å². The Balaban J connectivity index is 1.47. The molecule has 1 saturated heterocycles. The van der Waals surface area contributed by atoms with Crippen molar-refractivity contribution in [1.82, 2.24) is 4.90 Å². The maximum atomic E-state index is 12.4. The van der Waals surface area contributed by atoms with E-state index in [9.17, 15) is 8.78 Å². The van der Waals surface area contributed by atoms with Crippen LogP contribution in [0, 0.1) is 0 Å². The van der Waals surface area contributed by atoms with Crippen LogP contribution in [0.4, 0.5) is 8.78 Å². The highest BCUT2D eigenvalue weighted by atomic mass is 19.3. The van der Waals surface area contributed by atoms with E-state index in [0.29, 0.717) is 12.6 Å². The molecule has 4 rings (SSSR count). The molecule has 3 nitrogen and oxygen atoms in total. The standard InChI is InChI=1S/C22H23F2NO2/c23-22(24)27-21-8-4-7-17(12-21)9-18-10-19-14-26-15-20(11-18)25(19)13-16-5-2-1-3-6-16/h1-8,10,12,19-20,22H,9,11,13-15H2. The first-order chi connectivity index (χ1) is 13.2. The van der Waals surface area contributed by atoms with Gasteiger partial charge in [0.25, 0.3) is 0 Å². The molecule has 2 aromatic rings. The van der Waals surface area contributed by atoms with Crippen LogP contribution in [0.15, 0.2) is 66.2 Å². The first-order valence-corrected chi connectivity index (χ1v) is 9.28. The number of halogens is 2. The predicted molar refractivity (Wildman–Crippen MR) is 99.9 cm³/mol. The Bertz CT molecular complexity index is 794. The number of alkyl halides is 2. The largest absolute Gasteiger partial charge is 0.435 e. The molecule has 0 amide bonds. The molecule has 0 spiro atoms. The summed E-state index contributed by atoms with van der Waals surface area (Å²) in [6.45, 7) is -0.449. The topological polar surface area (TPSA) is 21.7 Å². The molecule has 2 atom stereocenters. The summed E-state index contributed by atoms with van der Waals surface area (Å²) >= 11 is 0. The van der Waals surface area contributed by atoms with Crippen molar-refractivity contribution in [1.29, 1.82) is 0 Å². The number of nitrogens with zero attached hydrogens (tertiary/aromatic N) is 1. The SMILES string of the molecule is FC(F)Oc1cccc(CC2=CC3COCC(C2)N3Cc2ccccc2)c1. The third-order valence-corrected chi connectivity index (χ3v) is 5.18. The van der Waals surface area contributed by atoms with Gasteiger partial charge in [0, 0.05) is 12.6 Å². The van der Waals surface area contributed by atoms with Crippen molar-refractivity contribution in [2.24, 2.45) is 0 Å². The van der Waals surface area contributed by atoms with Gasteiger partial charge < -0.3 is 9.47 Å². The van der Waals surface area contributed by atoms with Gasteiger partial charge in [-0.1, -0.05) is 54.1 Å². The fourth-order valence-electron chi connectivity index (χ4n) is 4.02. The van der Waals surface area contributed by atoms with Gasteiger partial charge in [-0.2, -0.15) is 8.78 Å². The maximum absolute atomic E-state index is 12.4. The molecule has 142 valence electrons. The number of rotatable bonds is 6. The lowest BCUT2D eigenvalue weighted by molar-refractivity contribution is -0.0499. The van der Waals surface area contributed by atoms with Crippen LogP contribution < -0.4 is 4.74 Å². The Labute approximate surface area is 158 Å². The second-order valence-electron chi connectivity index (χ2n) is 7.15. The van der Waals surface area contributed by atoms with Gasteiger partial charge in [0.2, 0.25) is 0 Å². The minimum Gasteiger partial charge on any atom is -0.435 e. The van der Waals surface area contributed by atoms with E-state index in [0.717, 1.165) is 31.6 Å². The molecule has 27 heavy (non-hydrogen) atoms. The van der Waals surface area contributed by atoms with Crippen molar-refractivity contribution >= 4 is 0 Å². The highest BCUT2D eigenvalue weighted by Gasteiger charge is 2.34. The second-order valence-corrected chi connectivity index (χ2v) is 7.15. The van der Waals surface area contributed by atoms with Gasteiger partial charge in [-0.05, 0) is 36.1 Å². The molecule has 0 radical (unpaired) electrons. The zero-order chi connectivity index (χ0) is 18.6. The Kier molecular flexibility index (Phi) is 5.50. The summed E-state index contributed by atoms with van der Waals surface area (Å²) in [6.07, 6.45) is 3.98. The summed E-state index contributed by atoms with van der Waals surface area (Å²) in [5.74, 6) is 0.216. The number of benzene rings is 2. The Hall–Kier alpha value is -2.24. The summed E-state index contributed by atoms with van der Waals surface area (Å²) in [6, 6.07) is 18.1. The summed E-state index contributed by atoms with van der Waals surface area (Å²) in [5, 5.41) is 0. The normalized spacial score (nSPS) is 22.6. The predicted octanol–water partition coefficient (Wildman–Crippen LogP) is 4.43. The molecule has 0 aliphatic carbocycles. The fourth-order valence-corrected chi connectivity index (χ4v) is 4.02. The highest BCUT2D eigenvalue weighted by Crippen LogP contribution is 2.31. The molecule has 2 aliphatic heterocycles. The molecule has 0 N–H and O–H groups in total. The first kappa shape index (κ1) is 18.1. The fraction of sp³-hybridized carbons (Fsp3) is 0.364. The summed E-state index contributed by atoms with van der Waals surface area (Å²) in [5.41, 5.74) is 3.64.